The minimum atomic E-state index is -0.529. The van der Waals surface area contributed by atoms with Crippen LogP contribution in [0.2, 0.25) is 0 Å². The van der Waals surface area contributed by atoms with E-state index in [1.165, 1.54) is 0 Å². The summed E-state index contributed by atoms with van der Waals surface area (Å²) < 4.78 is 28.6. The van der Waals surface area contributed by atoms with Gasteiger partial charge in [0.25, 0.3) is 0 Å². The van der Waals surface area contributed by atoms with Crippen LogP contribution in [0.25, 0.3) is 0 Å². The molecule has 0 bridgehead atoms. The number of rotatable bonds is 6. The monoisotopic (exact) mass is 308 g/mol. The van der Waals surface area contributed by atoms with Gasteiger partial charge in [-0.3, -0.25) is 0 Å². The molecule has 1 aromatic rings. The van der Waals surface area contributed by atoms with Crippen LogP contribution in [0.1, 0.15) is 27.7 Å². The van der Waals surface area contributed by atoms with Gasteiger partial charge in [0.15, 0.2) is 0 Å². The predicted octanol–water partition coefficient (Wildman–Crippen LogP) is 2.02. The Kier molecular flexibility index (Phi) is 5.05. The quantitative estimate of drug-likeness (QED) is 0.594. The topological polar surface area (TPSA) is 46.2 Å². The van der Waals surface area contributed by atoms with E-state index in [9.17, 15) is 0 Å². The molecule has 0 saturated carbocycles. The minimum Gasteiger partial charge on any atom is -0.497 e. The molecule has 1 aliphatic heterocycles. The summed E-state index contributed by atoms with van der Waals surface area (Å²) in [5, 5.41) is 0. The van der Waals surface area contributed by atoms with Crippen LogP contribution in [-0.4, -0.2) is 45.8 Å². The first-order valence-corrected chi connectivity index (χ1v) is 7.46. The van der Waals surface area contributed by atoms with Gasteiger partial charge in [-0.25, -0.2) is 0 Å². The summed E-state index contributed by atoms with van der Waals surface area (Å²) in [6, 6.07) is 5.65. The molecule has 0 unspecified atom stereocenters. The average Bonchev–Trinajstić information content (AvgIpc) is 2.67. The molecule has 1 aromatic carbocycles. The lowest BCUT2D eigenvalue weighted by atomic mass is 9.77. The highest BCUT2D eigenvalue weighted by Gasteiger charge is 2.53. The van der Waals surface area contributed by atoms with E-state index in [-0.39, 0.29) is 0 Å². The van der Waals surface area contributed by atoms with Crippen molar-refractivity contribution in [3.63, 3.8) is 0 Å². The molecule has 122 valence electrons. The Morgan fingerprint density at radius 2 is 1.55 bits per heavy atom. The van der Waals surface area contributed by atoms with Gasteiger partial charge in [-0.2, -0.15) is 0 Å². The first kappa shape index (κ1) is 17.1. The predicted molar refractivity (Wildman–Crippen MR) is 86.1 cm³/mol. The minimum absolute atomic E-state index is 0.414. The smallest absolute Gasteiger partial charge is 0.497 e. The van der Waals surface area contributed by atoms with E-state index in [4.69, 9.17) is 23.5 Å². The molecule has 0 spiro atoms. The van der Waals surface area contributed by atoms with E-state index in [2.05, 4.69) is 0 Å². The molecular weight excluding hydrogens is 283 g/mol. The fraction of sp³-hybridized carbons (Fsp3) is 0.625. The summed E-state index contributed by atoms with van der Waals surface area (Å²) in [4.78, 5) is 0. The van der Waals surface area contributed by atoms with E-state index >= 15 is 0 Å². The Labute approximate surface area is 133 Å². The van der Waals surface area contributed by atoms with E-state index in [1.807, 2.05) is 45.9 Å². The maximum Gasteiger partial charge on any atom is 0.502 e. The summed E-state index contributed by atoms with van der Waals surface area (Å²) in [7, 11) is 2.74. The molecular formula is C16H25BO5. The third-order valence-electron chi connectivity index (χ3n) is 4.28. The molecule has 5 nitrogen and oxygen atoms in total. The van der Waals surface area contributed by atoms with Gasteiger partial charge in [0, 0.05) is 7.11 Å². The number of hydrogen-bond acceptors (Lipinski definition) is 5. The van der Waals surface area contributed by atoms with Crippen LogP contribution in [0.15, 0.2) is 18.2 Å². The molecule has 0 atom stereocenters. The highest BCUT2D eigenvalue weighted by atomic mass is 16.7. The second-order valence-corrected chi connectivity index (χ2v) is 6.30. The van der Waals surface area contributed by atoms with Crippen LogP contribution in [0.4, 0.5) is 0 Å². The number of methoxy groups -OCH3 is 2. The van der Waals surface area contributed by atoms with Gasteiger partial charge in [0.2, 0.25) is 0 Å². The SMILES string of the molecule is COCCOc1cccc(OC)c1B1OC(C)(C)C(C)(C)O1. The number of ether oxygens (including phenoxy) is 3. The fourth-order valence-corrected chi connectivity index (χ4v) is 2.26. The summed E-state index contributed by atoms with van der Waals surface area (Å²) in [5.41, 5.74) is -0.0512. The highest BCUT2D eigenvalue weighted by molar-refractivity contribution is 6.64. The van der Waals surface area contributed by atoms with Crippen molar-refractivity contribution >= 4 is 12.6 Å². The first-order valence-electron chi connectivity index (χ1n) is 7.46. The normalized spacial score (nSPS) is 19.3. The molecule has 22 heavy (non-hydrogen) atoms. The lowest BCUT2D eigenvalue weighted by Gasteiger charge is -2.32. The number of benzene rings is 1. The van der Waals surface area contributed by atoms with Crippen LogP contribution in [0.5, 0.6) is 11.5 Å². The lowest BCUT2D eigenvalue weighted by Crippen LogP contribution is -2.41. The number of hydrogen-bond donors (Lipinski definition) is 0. The Morgan fingerprint density at radius 3 is 2.09 bits per heavy atom. The Morgan fingerprint density at radius 1 is 0.955 bits per heavy atom. The first-order chi connectivity index (χ1) is 10.3. The van der Waals surface area contributed by atoms with Gasteiger partial charge in [-0.15, -0.1) is 0 Å². The Bertz CT molecular complexity index is 499. The van der Waals surface area contributed by atoms with Crippen LogP contribution in [0.3, 0.4) is 0 Å². The average molecular weight is 308 g/mol. The highest BCUT2D eigenvalue weighted by Crippen LogP contribution is 2.38. The molecule has 6 heteroatoms. The molecule has 0 N–H and O–H groups in total. The van der Waals surface area contributed by atoms with Crippen molar-refractivity contribution in [3.8, 4) is 11.5 Å². The van der Waals surface area contributed by atoms with Gasteiger partial charge in [0.05, 0.1) is 30.4 Å². The van der Waals surface area contributed by atoms with Gasteiger partial charge >= 0.3 is 7.12 Å². The van der Waals surface area contributed by atoms with Crippen LogP contribution >= 0.6 is 0 Å². The van der Waals surface area contributed by atoms with E-state index in [1.54, 1.807) is 14.2 Å². The standard InChI is InChI=1S/C16H25BO5/c1-15(2)16(3,4)22-17(21-15)14-12(19-6)8-7-9-13(14)20-11-10-18-5/h7-9H,10-11H2,1-6H3. The van der Waals surface area contributed by atoms with Crippen molar-refractivity contribution in [1.82, 2.24) is 0 Å². The molecule has 0 radical (unpaired) electrons. The van der Waals surface area contributed by atoms with Crippen molar-refractivity contribution < 1.29 is 23.5 Å². The van der Waals surface area contributed by atoms with Crippen molar-refractivity contribution in [2.45, 2.75) is 38.9 Å². The van der Waals surface area contributed by atoms with E-state index in [0.29, 0.717) is 24.7 Å². The van der Waals surface area contributed by atoms with E-state index < -0.39 is 18.3 Å². The Balaban J connectivity index is 2.33. The lowest BCUT2D eigenvalue weighted by molar-refractivity contribution is 0.00578. The third-order valence-corrected chi connectivity index (χ3v) is 4.28. The summed E-state index contributed by atoms with van der Waals surface area (Å²) in [6.45, 7) is 9.06. The summed E-state index contributed by atoms with van der Waals surface area (Å²) >= 11 is 0. The third kappa shape index (κ3) is 3.24. The van der Waals surface area contributed by atoms with Crippen molar-refractivity contribution in [3.05, 3.63) is 18.2 Å². The zero-order valence-electron chi connectivity index (χ0n) is 14.3. The van der Waals surface area contributed by atoms with Crippen LogP contribution < -0.4 is 14.9 Å². The molecule has 0 aliphatic carbocycles. The molecule has 2 rings (SSSR count). The van der Waals surface area contributed by atoms with Gasteiger partial charge < -0.3 is 23.5 Å². The van der Waals surface area contributed by atoms with Crippen molar-refractivity contribution in [1.29, 1.82) is 0 Å². The Hall–Kier alpha value is -1.24. The van der Waals surface area contributed by atoms with Crippen LogP contribution in [-0.2, 0) is 14.0 Å². The largest absolute Gasteiger partial charge is 0.502 e. The molecule has 1 aliphatic rings. The van der Waals surface area contributed by atoms with Gasteiger partial charge in [0.1, 0.15) is 18.1 Å². The summed E-state index contributed by atoms with van der Waals surface area (Å²) in [5.74, 6) is 1.38. The molecule has 1 heterocycles. The van der Waals surface area contributed by atoms with E-state index in [0.717, 1.165) is 5.46 Å². The second kappa shape index (κ2) is 6.48. The van der Waals surface area contributed by atoms with Gasteiger partial charge in [-0.1, -0.05) is 6.07 Å². The maximum absolute atomic E-state index is 6.13. The molecule has 1 fully saturated rings. The fourth-order valence-electron chi connectivity index (χ4n) is 2.26. The molecule has 0 aromatic heterocycles. The second-order valence-electron chi connectivity index (χ2n) is 6.30. The van der Waals surface area contributed by atoms with Crippen LogP contribution in [0, 0.1) is 0 Å². The maximum atomic E-state index is 6.13. The zero-order chi connectivity index (χ0) is 16.4. The molecule has 0 amide bonds. The van der Waals surface area contributed by atoms with Gasteiger partial charge in [-0.05, 0) is 39.8 Å². The van der Waals surface area contributed by atoms with Crippen molar-refractivity contribution in [2.75, 3.05) is 27.4 Å². The van der Waals surface area contributed by atoms with Crippen molar-refractivity contribution in [2.24, 2.45) is 0 Å². The zero-order valence-corrected chi connectivity index (χ0v) is 14.3. The summed E-state index contributed by atoms with van der Waals surface area (Å²) in [6.07, 6.45) is 0. The molecule has 1 saturated heterocycles.